The van der Waals surface area contributed by atoms with Crippen LogP contribution in [0, 0.1) is 17.0 Å². The molecule has 1 aliphatic heterocycles. The number of nitrogens with zero attached hydrogens (tertiary/aromatic N) is 4. The summed E-state index contributed by atoms with van der Waals surface area (Å²) < 4.78 is 1.61. The highest BCUT2D eigenvalue weighted by atomic mass is 16.6. The molecule has 0 amide bonds. The molecule has 2 aromatic rings. The molecule has 1 N–H and O–H groups in total. The Labute approximate surface area is 128 Å². The smallest absolute Gasteiger partial charge is 0.333 e. The van der Waals surface area contributed by atoms with E-state index in [1.165, 1.54) is 0 Å². The number of nitrogens with one attached hydrogen (secondary N) is 1. The predicted octanol–water partition coefficient (Wildman–Crippen LogP) is 2.33. The van der Waals surface area contributed by atoms with Crippen LogP contribution in [0.3, 0.4) is 0 Å². The van der Waals surface area contributed by atoms with E-state index in [1.807, 2.05) is 35.2 Å². The molecule has 1 aromatic carbocycles. The summed E-state index contributed by atoms with van der Waals surface area (Å²) in [6.45, 7) is 3.19. The molecular weight excluding hydrogens is 282 g/mol. The van der Waals surface area contributed by atoms with E-state index in [0.717, 1.165) is 25.2 Å². The minimum absolute atomic E-state index is 0.114. The molecule has 0 bridgehead atoms. The number of hydrogen-bond donors (Lipinski definition) is 1. The number of hydrogen-bond acceptors (Lipinski definition) is 5. The van der Waals surface area contributed by atoms with Crippen molar-refractivity contribution < 1.29 is 4.92 Å². The van der Waals surface area contributed by atoms with Gasteiger partial charge >= 0.3 is 5.69 Å². The van der Waals surface area contributed by atoms with Crippen LogP contribution >= 0.6 is 0 Å². The predicted molar refractivity (Wildman–Crippen MR) is 85.3 cm³/mol. The zero-order chi connectivity index (χ0) is 15.7. The van der Waals surface area contributed by atoms with Gasteiger partial charge in [0.1, 0.15) is 5.69 Å². The zero-order valence-corrected chi connectivity index (χ0v) is 12.7. The average molecular weight is 301 g/mol. The van der Waals surface area contributed by atoms with Gasteiger partial charge in [-0.2, -0.15) is 5.10 Å². The molecule has 3 rings (SSSR count). The van der Waals surface area contributed by atoms with E-state index in [0.29, 0.717) is 11.5 Å². The van der Waals surface area contributed by atoms with Crippen LogP contribution in [0.15, 0.2) is 30.3 Å². The molecule has 7 heteroatoms. The molecule has 116 valence electrons. The van der Waals surface area contributed by atoms with Crippen LogP contribution in [0.2, 0.25) is 0 Å². The van der Waals surface area contributed by atoms with Gasteiger partial charge in [-0.05, 0) is 25.5 Å². The van der Waals surface area contributed by atoms with Gasteiger partial charge in [-0.15, -0.1) is 0 Å². The zero-order valence-electron chi connectivity index (χ0n) is 12.7. The monoisotopic (exact) mass is 301 g/mol. The third-order valence-electron chi connectivity index (χ3n) is 3.98. The summed E-state index contributed by atoms with van der Waals surface area (Å²) in [5.41, 5.74) is 1.65. The molecule has 1 atom stereocenters. The molecule has 1 fully saturated rings. The Kier molecular flexibility index (Phi) is 3.70. The molecule has 22 heavy (non-hydrogen) atoms. The second-order valence-corrected chi connectivity index (χ2v) is 5.58. The van der Waals surface area contributed by atoms with Crippen molar-refractivity contribution in [2.75, 3.05) is 23.3 Å². The Bertz CT molecular complexity index is 683. The number of benzene rings is 1. The maximum Gasteiger partial charge on any atom is 0.333 e. The molecular formula is C15H19N5O2. The lowest BCUT2D eigenvalue weighted by Gasteiger charge is -2.18. The van der Waals surface area contributed by atoms with E-state index < -0.39 is 0 Å². The molecule has 0 spiro atoms. The second-order valence-electron chi connectivity index (χ2n) is 5.58. The number of rotatable bonds is 4. The van der Waals surface area contributed by atoms with Crippen LogP contribution in [0.1, 0.15) is 12.1 Å². The van der Waals surface area contributed by atoms with Crippen molar-refractivity contribution in [2.45, 2.75) is 19.4 Å². The van der Waals surface area contributed by atoms with Gasteiger partial charge in [-0.25, -0.2) is 4.68 Å². The van der Waals surface area contributed by atoms with Gasteiger partial charge in [0.2, 0.25) is 5.82 Å². The normalized spacial score (nSPS) is 17.7. The number of aryl methyl sites for hydroxylation is 2. The van der Waals surface area contributed by atoms with Gasteiger partial charge < -0.3 is 10.2 Å². The van der Waals surface area contributed by atoms with E-state index in [-0.39, 0.29) is 16.7 Å². The van der Waals surface area contributed by atoms with Crippen LogP contribution < -0.4 is 10.2 Å². The molecule has 1 unspecified atom stereocenters. The van der Waals surface area contributed by atoms with E-state index in [9.17, 15) is 10.1 Å². The van der Waals surface area contributed by atoms with Crippen molar-refractivity contribution in [3.63, 3.8) is 0 Å². The molecule has 1 saturated heterocycles. The summed E-state index contributed by atoms with van der Waals surface area (Å²) in [4.78, 5) is 13.0. The number of aromatic nitrogens is 2. The first-order valence-corrected chi connectivity index (χ1v) is 7.31. The third-order valence-corrected chi connectivity index (χ3v) is 3.98. The maximum absolute atomic E-state index is 11.3. The standard InChI is InChI=1S/C15H19N5O2/c1-11-14(20(21)22)15(18(2)17-11)19-9-8-13(10-19)16-12-6-4-3-5-7-12/h3-7,13,16H,8-10H2,1-2H3. The average Bonchev–Trinajstić information content (AvgIpc) is 3.03. The molecule has 0 aliphatic carbocycles. The SMILES string of the molecule is Cc1nn(C)c(N2CCC(Nc3ccccc3)C2)c1[N+](=O)[O-]. The molecule has 1 aromatic heterocycles. The summed E-state index contributed by atoms with van der Waals surface area (Å²) in [5, 5.41) is 19.0. The highest BCUT2D eigenvalue weighted by Gasteiger charge is 2.32. The Morgan fingerprint density at radius 1 is 1.36 bits per heavy atom. The highest BCUT2D eigenvalue weighted by Crippen LogP contribution is 2.33. The number of para-hydroxylation sites is 1. The molecule has 7 nitrogen and oxygen atoms in total. The maximum atomic E-state index is 11.3. The van der Waals surface area contributed by atoms with E-state index >= 15 is 0 Å². The van der Waals surface area contributed by atoms with Crippen molar-refractivity contribution in [1.29, 1.82) is 0 Å². The Morgan fingerprint density at radius 2 is 2.09 bits per heavy atom. The Hall–Kier alpha value is -2.57. The number of nitro groups is 1. The fraction of sp³-hybridized carbons (Fsp3) is 0.400. The molecule has 1 aliphatic rings. The summed E-state index contributed by atoms with van der Waals surface area (Å²) >= 11 is 0. The van der Waals surface area contributed by atoms with Crippen molar-refractivity contribution >= 4 is 17.2 Å². The lowest BCUT2D eigenvalue weighted by atomic mass is 10.2. The molecule has 0 radical (unpaired) electrons. The van der Waals surface area contributed by atoms with Gasteiger partial charge in [-0.1, -0.05) is 18.2 Å². The quantitative estimate of drug-likeness (QED) is 0.693. The first-order valence-electron chi connectivity index (χ1n) is 7.31. The van der Waals surface area contributed by atoms with Crippen molar-refractivity contribution in [3.05, 3.63) is 46.1 Å². The molecule has 2 heterocycles. The van der Waals surface area contributed by atoms with Crippen LogP contribution in [0.5, 0.6) is 0 Å². The minimum Gasteiger partial charge on any atom is -0.380 e. The molecule has 0 saturated carbocycles. The lowest BCUT2D eigenvalue weighted by molar-refractivity contribution is -0.384. The van der Waals surface area contributed by atoms with Gasteiger partial charge in [0, 0.05) is 31.9 Å². The summed E-state index contributed by atoms with van der Waals surface area (Å²) in [5.74, 6) is 0.597. The minimum atomic E-state index is -0.338. The second kappa shape index (κ2) is 5.67. The van der Waals surface area contributed by atoms with Crippen molar-refractivity contribution in [1.82, 2.24) is 9.78 Å². The summed E-state index contributed by atoms with van der Waals surface area (Å²) in [7, 11) is 1.76. The fourth-order valence-corrected chi connectivity index (χ4v) is 3.04. The Balaban J connectivity index is 1.77. The van der Waals surface area contributed by atoms with Crippen LogP contribution in [-0.2, 0) is 7.05 Å². The fourth-order valence-electron chi connectivity index (χ4n) is 3.04. The van der Waals surface area contributed by atoms with Crippen molar-refractivity contribution in [2.24, 2.45) is 7.05 Å². The summed E-state index contributed by atoms with van der Waals surface area (Å²) in [6, 6.07) is 10.3. The van der Waals surface area contributed by atoms with E-state index in [4.69, 9.17) is 0 Å². The van der Waals surface area contributed by atoms with E-state index in [1.54, 1.807) is 18.7 Å². The topological polar surface area (TPSA) is 76.2 Å². The van der Waals surface area contributed by atoms with Gasteiger partial charge in [0.05, 0.1) is 4.92 Å². The van der Waals surface area contributed by atoms with Crippen LogP contribution in [0.4, 0.5) is 17.2 Å². The highest BCUT2D eigenvalue weighted by molar-refractivity contribution is 5.62. The first kappa shape index (κ1) is 14.4. The van der Waals surface area contributed by atoms with Crippen LogP contribution in [-0.4, -0.2) is 33.8 Å². The first-order chi connectivity index (χ1) is 10.6. The lowest BCUT2D eigenvalue weighted by Crippen LogP contribution is -2.27. The Morgan fingerprint density at radius 3 is 2.77 bits per heavy atom. The third kappa shape index (κ3) is 2.61. The van der Waals surface area contributed by atoms with E-state index in [2.05, 4.69) is 10.4 Å². The van der Waals surface area contributed by atoms with Gasteiger partial charge in [0.25, 0.3) is 0 Å². The van der Waals surface area contributed by atoms with Crippen molar-refractivity contribution in [3.8, 4) is 0 Å². The largest absolute Gasteiger partial charge is 0.380 e. The number of anilines is 2. The summed E-state index contributed by atoms with van der Waals surface area (Å²) in [6.07, 6.45) is 0.941. The van der Waals surface area contributed by atoms with Crippen LogP contribution in [0.25, 0.3) is 0 Å². The van der Waals surface area contributed by atoms with Gasteiger partial charge in [-0.3, -0.25) is 10.1 Å². The van der Waals surface area contributed by atoms with Gasteiger partial charge in [0.15, 0.2) is 0 Å².